The van der Waals surface area contributed by atoms with Gasteiger partial charge in [-0.2, -0.15) is 0 Å². The second-order valence-corrected chi connectivity index (χ2v) is 31.9. The Balaban J connectivity index is 0.00000253. The van der Waals surface area contributed by atoms with Crippen LogP contribution in [0.3, 0.4) is 0 Å². The molecule has 0 radical (unpaired) electrons. The van der Waals surface area contributed by atoms with E-state index in [1.165, 1.54) is 51.4 Å². The van der Waals surface area contributed by atoms with Gasteiger partial charge in [-0.1, -0.05) is 0 Å². The monoisotopic (exact) mass is 645 g/mol. The van der Waals surface area contributed by atoms with Crippen LogP contribution in [0.5, 0.6) is 0 Å². The minimum Gasteiger partial charge on any atom is -1.00 e. The molecule has 207 valence electrons. The molecule has 38 heavy (non-hydrogen) atoms. The van der Waals surface area contributed by atoms with Crippen molar-refractivity contribution in [3.63, 3.8) is 0 Å². The van der Waals surface area contributed by atoms with Crippen molar-refractivity contribution in [1.82, 2.24) is 0 Å². The van der Waals surface area contributed by atoms with E-state index in [1.807, 2.05) is 0 Å². The van der Waals surface area contributed by atoms with Gasteiger partial charge < -0.3 is 24.8 Å². The molecule has 2 atom stereocenters. The molecule has 2 aromatic carbocycles. The first-order chi connectivity index (χ1) is 17.3. The molecule has 2 unspecified atom stereocenters. The summed E-state index contributed by atoms with van der Waals surface area (Å²) in [5.41, 5.74) is 16.6. The zero-order valence-corrected chi connectivity index (χ0v) is 30.2. The van der Waals surface area contributed by atoms with Gasteiger partial charge in [0.2, 0.25) is 0 Å². The Hall–Kier alpha value is -0.400. The van der Waals surface area contributed by atoms with Crippen molar-refractivity contribution in [3.05, 3.63) is 79.9 Å². The van der Waals surface area contributed by atoms with Gasteiger partial charge in [-0.05, 0) is 0 Å². The molecule has 0 N–H and O–H groups in total. The van der Waals surface area contributed by atoms with Crippen LogP contribution in [0.2, 0.25) is 13.1 Å². The average Bonchev–Trinajstić information content (AvgIpc) is 3.32. The molecule has 0 spiro atoms. The van der Waals surface area contributed by atoms with Gasteiger partial charge in [0, 0.05) is 0 Å². The van der Waals surface area contributed by atoms with E-state index in [0.717, 1.165) is 7.25 Å². The summed E-state index contributed by atoms with van der Waals surface area (Å²) in [6.45, 7) is 19.7. The molecule has 0 bridgehead atoms. The minimum absolute atomic E-state index is 0. The SMILES string of the molecule is CCCc1cc(CCC)c2c(c1)[CH]([Zr+2]([CH]1C(C)=Cc3c(CCC)cc(CCC)cc31)[SiH](C)C)C(C)=C2.[Cl-].[Cl-]. The normalized spacial score (nSPS) is 17.4. The van der Waals surface area contributed by atoms with Gasteiger partial charge in [0.1, 0.15) is 0 Å². The predicted octanol–water partition coefficient (Wildman–Crippen LogP) is 3.72. The number of fused-ring (bicyclic) bond motifs is 2. The number of halogens is 2. The number of rotatable bonds is 11. The van der Waals surface area contributed by atoms with Gasteiger partial charge in [0.15, 0.2) is 0 Å². The van der Waals surface area contributed by atoms with Crippen LogP contribution in [-0.4, -0.2) is 5.92 Å². The Labute approximate surface area is 255 Å². The predicted molar refractivity (Wildman–Crippen MR) is 161 cm³/mol. The van der Waals surface area contributed by atoms with Gasteiger partial charge in [0.25, 0.3) is 0 Å². The van der Waals surface area contributed by atoms with Crippen LogP contribution in [0.1, 0.15) is 119 Å². The Bertz CT molecular complexity index is 1080. The van der Waals surface area contributed by atoms with Crippen LogP contribution in [0.15, 0.2) is 35.4 Å². The van der Waals surface area contributed by atoms with Crippen LogP contribution in [0, 0.1) is 0 Å². The Kier molecular flexibility index (Phi) is 13.3. The second kappa shape index (κ2) is 15.0. The zero-order chi connectivity index (χ0) is 26.0. The fourth-order valence-electron chi connectivity index (χ4n) is 7.09. The Morgan fingerprint density at radius 1 is 0.605 bits per heavy atom. The van der Waals surface area contributed by atoms with E-state index in [0.29, 0.717) is 0 Å². The Morgan fingerprint density at radius 3 is 1.29 bits per heavy atom. The van der Waals surface area contributed by atoms with Crippen LogP contribution < -0.4 is 24.8 Å². The maximum Gasteiger partial charge on any atom is -1.00 e. The van der Waals surface area contributed by atoms with Crippen LogP contribution >= 0.6 is 0 Å². The standard InChI is InChI=1S/2C16H21.C2H7Si.2ClH.Zr/c2*1-4-6-13-10-14(7-5-2)16-9-12(3)8-15(16)11-13;1-3-2;;;/h2*8-11H,4-7H2,1-3H3;3H,1-2H3;2*1H;/q;;;;;+2/p-2. The fraction of sp³-hybridized carbons (Fsp3) is 0.529. The molecular formula is C34H49Cl2SiZr. The maximum atomic E-state index is 2.71. The summed E-state index contributed by atoms with van der Waals surface area (Å²) >= 11 is -1.94. The molecule has 0 heterocycles. The third kappa shape index (κ3) is 6.73. The maximum absolute atomic E-state index is 2.71. The first kappa shape index (κ1) is 33.8. The van der Waals surface area contributed by atoms with E-state index in [9.17, 15) is 0 Å². The average molecular weight is 648 g/mol. The van der Waals surface area contributed by atoms with Crippen molar-refractivity contribution in [3.8, 4) is 0 Å². The third-order valence-electron chi connectivity index (χ3n) is 8.44. The van der Waals surface area contributed by atoms with Crippen LogP contribution in [0.25, 0.3) is 12.2 Å². The van der Waals surface area contributed by atoms with Crippen molar-refractivity contribution >= 4 is 18.1 Å². The third-order valence-corrected chi connectivity index (χ3v) is 30.6. The summed E-state index contributed by atoms with van der Waals surface area (Å²) in [4.78, 5) is 0. The fourth-order valence-corrected chi connectivity index (χ4v) is 30.2. The molecule has 0 nitrogen and oxygen atoms in total. The molecule has 2 aromatic rings. The second-order valence-electron chi connectivity index (χ2n) is 11.8. The van der Waals surface area contributed by atoms with Gasteiger partial charge >= 0.3 is 232 Å². The summed E-state index contributed by atoms with van der Waals surface area (Å²) in [6, 6.07) is 10.4. The van der Waals surface area contributed by atoms with Gasteiger partial charge in [-0.25, -0.2) is 0 Å². The quantitative estimate of drug-likeness (QED) is 0.327. The van der Waals surface area contributed by atoms with Crippen molar-refractivity contribution in [2.45, 2.75) is 113 Å². The molecule has 2 aliphatic carbocycles. The molecule has 0 aromatic heterocycles. The van der Waals surface area contributed by atoms with Gasteiger partial charge in [0.05, 0.1) is 0 Å². The minimum atomic E-state index is -1.94. The summed E-state index contributed by atoms with van der Waals surface area (Å²) in [5.74, 6) is -0.799. The number of hydrogen-bond donors (Lipinski definition) is 0. The number of benzene rings is 2. The van der Waals surface area contributed by atoms with Crippen molar-refractivity contribution in [1.29, 1.82) is 0 Å². The largest absolute Gasteiger partial charge is 1.00 e. The van der Waals surface area contributed by atoms with Crippen molar-refractivity contribution in [2.75, 3.05) is 0 Å². The first-order valence-electron chi connectivity index (χ1n) is 14.9. The van der Waals surface area contributed by atoms with Crippen LogP contribution in [-0.2, 0) is 46.6 Å². The van der Waals surface area contributed by atoms with Gasteiger partial charge in [-0.15, -0.1) is 0 Å². The smallest absolute Gasteiger partial charge is 1.00 e. The van der Waals surface area contributed by atoms with Crippen molar-refractivity contribution < 1.29 is 45.7 Å². The van der Waals surface area contributed by atoms with E-state index in [1.54, 1.807) is 55.7 Å². The van der Waals surface area contributed by atoms with E-state index < -0.39 is 26.8 Å². The Morgan fingerprint density at radius 2 is 0.974 bits per heavy atom. The number of aryl methyl sites for hydroxylation is 4. The van der Waals surface area contributed by atoms with E-state index >= 15 is 0 Å². The van der Waals surface area contributed by atoms with E-state index in [2.05, 4.69) is 91.1 Å². The molecule has 4 rings (SSSR count). The molecule has 4 heteroatoms. The van der Waals surface area contributed by atoms with E-state index in [-0.39, 0.29) is 24.8 Å². The number of hydrogen-bond acceptors (Lipinski definition) is 0. The number of allylic oxidation sites excluding steroid dienone is 2. The summed E-state index contributed by atoms with van der Waals surface area (Å²) in [5, 5.41) is 0. The topological polar surface area (TPSA) is 0 Å². The summed E-state index contributed by atoms with van der Waals surface area (Å²) in [6.07, 6.45) is 15.1. The summed E-state index contributed by atoms with van der Waals surface area (Å²) < 4.78 is 1.54. The molecular weight excluding hydrogens is 599 g/mol. The summed E-state index contributed by atoms with van der Waals surface area (Å²) in [7, 11) is 0. The molecule has 0 saturated heterocycles. The zero-order valence-electron chi connectivity index (χ0n) is 25.1. The molecule has 0 saturated carbocycles. The van der Waals surface area contributed by atoms with Crippen molar-refractivity contribution in [2.24, 2.45) is 0 Å². The van der Waals surface area contributed by atoms with E-state index in [4.69, 9.17) is 0 Å². The first-order valence-corrected chi connectivity index (χ1v) is 24.9. The van der Waals surface area contributed by atoms with Gasteiger partial charge in [-0.3, -0.25) is 0 Å². The van der Waals surface area contributed by atoms with Crippen LogP contribution in [0.4, 0.5) is 0 Å². The molecule has 0 fully saturated rings. The molecule has 2 aliphatic rings. The molecule has 0 aliphatic heterocycles. The molecule has 0 amide bonds.